The molecule has 0 saturated carbocycles. The third-order valence-electron chi connectivity index (χ3n) is 4.74. The van der Waals surface area contributed by atoms with Crippen LogP contribution in [0.1, 0.15) is 40.2 Å². The van der Waals surface area contributed by atoms with Gasteiger partial charge < -0.3 is 15.0 Å². The van der Waals surface area contributed by atoms with Crippen molar-refractivity contribution in [3.05, 3.63) is 21.9 Å². The Hall–Kier alpha value is -0.560. The molecule has 1 aromatic rings. The standard InChI is InChI=1S/C17H26N2O2S2/c1-21-12-15-2-3-16(23-15)17(20)18-13-4-8-19(9-5-13)14-6-10-22-11-7-14/h2-3,13-14H,4-12H2,1H3,(H,18,20). The van der Waals surface area contributed by atoms with Crippen LogP contribution in [-0.2, 0) is 11.3 Å². The number of rotatable bonds is 5. The number of methoxy groups -OCH3 is 1. The highest BCUT2D eigenvalue weighted by Gasteiger charge is 2.27. The molecule has 2 fully saturated rings. The molecule has 1 N–H and O–H groups in total. The molecule has 0 unspecified atom stereocenters. The molecule has 1 amide bonds. The number of thioether (sulfide) groups is 1. The van der Waals surface area contributed by atoms with Crippen LogP contribution >= 0.6 is 23.1 Å². The van der Waals surface area contributed by atoms with Gasteiger partial charge in [0.25, 0.3) is 5.91 Å². The summed E-state index contributed by atoms with van der Waals surface area (Å²) < 4.78 is 5.11. The zero-order valence-corrected chi connectivity index (χ0v) is 15.4. The monoisotopic (exact) mass is 354 g/mol. The molecule has 6 heteroatoms. The Kier molecular flexibility index (Phi) is 6.39. The number of thiophene rings is 1. The smallest absolute Gasteiger partial charge is 0.261 e. The SMILES string of the molecule is COCc1ccc(C(=O)NC2CCN(C3CCSCC3)CC2)s1. The van der Waals surface area contributed by atoms with Crippen molar-refractivity contribution in [2.45, 2.75) is 44.4 Å². The number of amides is 1. The minimum Gasteiger partial charge on any atom is -0.379 e. The van der Waals surface area contributed by atoms with Gasteiger partial charge in [-0.25, -0.2) is 0 Å². The quantitative estimate of drug-likeness (QED) is 0.883. The Morgan fingerprint density at radius 1 is 1.26 bits per heavy atom. The van der Waals surface area contributed by atoms with E-state index in [0.29, 0.717) is 12.6 Å². The van der Waals surface area contributed by atoms with Crippen LogP contribution in [0.4, 0.5) is 0 Å². The highest BCUT2D eigenvalue weighted by atomic mass is 32.2. The summed E-state index contributed by atoms with van der Waals surface area (Å²) in [4.78, 5) is 16.9. The molecule has 2 saturated heterocycles. The van der Waals surface area contributed by atoms with Gasteiger partial charge in [-0.05, 0) is 49.3 Å². The van der Waals surface area contributed by atoms with E-state index >= 15 is 0 Å². The third-order valence-corrected chi connectivity index (χ3v) is 6.85. The lowest BCUT2D eigenvalue weighted by Gasteiger charge is -2.39. The second-order valence-corrected chi connectivity index (χ2v) is 8.72. The maximum Gasteiger partial charge on any atom is 0.261 e. The topological polar surface area (TPSA) is 41.6 Å². The average molecular weight is 355 g/mol. The highest BCUT2D eigenvalue weighted by molar-refractivity contribution is 7.99. The second kappa shape index (κ2) is 8.51. The summed E-state index contributed by atoms with van der Waals surface area (Å²) >= 11 is 3.61. The molecule has 1 aromatic heterocycles. The first-order chi connectivity index (χ1) is 11.3. The fraction of sp³-hybridized carbons (Fsp3) is 0.706. The van der Waals surface area contributed by atoms with Gasteiger partial charge in [-0.2, -0.15) is 11.8 Å². The lowest BCUT2D eigenvalue weighted by Crippen LogP contribution is -2.48. The minimum atomic E-state index is 0.0740. The number of carbonyl (C=O) groups is 1. The first kappa shape index (κ1) is 17.3. The highest BCUT2D eigenvalue weighted by Crippen LogP contribution is 2.25. The average Bonchev–Trinajstić information content (AvgIpc) is 3.06. The lowest BCUT2D eigenvalue weighted by molar-refractivity contribution is 0.0890. The second-order valence-electron chi connectivity index (χ2n) is 6.33. The lowest BCUT2D eigenvalue weighted by atomic mass is 10.0. The number of piperidine rings is 1. The van der Waals surface area contributed by atoms with Crippen LogP contribution in [-0.4, -0.2) is 54.6 Å². The Labute approximate surface area is 147 Å². The van der Waals surface area contributed by atoms with E-state index in [4.69, 9.17) is 4.74 Å². The van der Waals surface area contributed by atoms with Crippen molar-refractivity contribution in [2.75, 3.05) is 31.7 Å². The first-order valence-electron chi connectivity index (χ1n) is 8.46. The van der Waals surface area contributed by atoms with Gasteiger partial charge in [0, 0.05) is 37.2 Å². The van der Waals surface area contributed by atoms with Crippen molar-refractivity contribution in [1.82, 2.24) is 10.2 Å². The summed E-state index contributed by atoms with van der Waals surface area (Å²) in [6.07, 6.45) is 4.82. The van der Waals surface area contributed by atoms with Gasteiger partial charge in [-0.3, -0.25) is 4.79 Å². The molecular weight excluding hydrogens is 328 g/mol. The molecule has 128 valence electrons. The van der Waals surface area contributed by atoms with Gasteiger partial charge in [-0.15, -0.1) is 11.3 Å². The molecule has 3 heterocycles. The Morgan fingerprint density at radius 2 is 2.00 bits per heavy atom. The molecule has 0 aromatic carbocycles. The van der Waals surface area contributed by atoms with Gasteiger partial charge >= 0.3 is 0 Å². The van der Waals surface area contributed by atoms with Crippen molar-refractivity contribution in [3.63, 3.8) is 0 Å². The molecule has 0 spiro atoms. The maximum absolute atomic E-state index is 12.4. The molecule has 0 bridgehead atoms. The van der Waals surface area contributed by atoms with Crippen LogP contribution in [0.5, 0.6) is 0 Å². The van der Waals surface area contributed by atoms with Crippen molar-refractivity contribution in [3.8, 4) is 0 Å². The van der Waals surface area contributed by atoms with Crippen molar-refractivity contribution in [1.29, 1.82) is 0 Å². The number of carbonyl (C=O) groups excluding carboxylic acids is 1. The van der Waals surface area contributed by atoms with Crippen molar-refractivity contribution >= 4 is 29.0 Å². The van der Waals surface area contributed by atoms with Gasteiger partial charge in [0.05, 0.1) is 11.5 Å². The summed E-state index contributed by atoms with van der Waals surface area (Å²) in [7, 11) is 1.68. The summed E-state index contributed by atoms with van der Waals surface area (Å²) in [5.41, 5.74) is 0. The molecule has 2 aliphatic heterocycles. The largest absolute Gasteiger partial charge is 0.379 e. The molecular formula is C17H26N2O2S2. The van der Waals surface area contributed by atoms with E-state index in [9.17, 15) is 4.79 Å². The van der Waals surface area contributed by atoms with Crippen molar-refractivity contribution < 1.29 is 9.53 Å². The number of nitrogens with one attached hydrogen (secondary N) is 1. The predicted molar refractivity (Wildman–Crippen MR) is 97.4 cm³/mol. The zero-order valence-electron chi connectivity index (χ0n) is 13.8. The third kappa shape index (κ3) is 4.72. The number of likely N-dealkylation sites (tertiary alicyclic amines) is 1. The summed E-state index contributed by atoms with van der Waals surface area (Å²) in [5, 5.41) is 3.21. The Morgan fingerprint density at radius 3 is 2.70 bits per heavy atom. The van der Waals surface area contributed by atoms with Crippen molar-refractivity contribution in [2.24, 2.45) is 0 Å². The molecule has 4 nitrogen and oxygen atoms in total. The summed E-state index contributed by atoms with van der Waals surface area (Å²) in [6.45, 7) is 2.83. The van der Waals surface area contributed by atoms with E-state index in [1.54, 1.807) is 7.11 Å². The van der Waals surface area contributed by atoms with Gasteiger partial charge in [-0.1, -0.05) is 0 Å². The fourth-order valence-electron chi connectivity index (χ4n) is 3.44. The Balaban J connectivity index is 1.45. The molecule has 0 atom stereocenters. The molecule has 0 radical (unpaired) electrons. The zero-order chi connectivity index (χ0) is 16.1. The summed E-state index contributed by atoms with van der Waals surface area (Å²) in [5.74, 6) is 2.69. The maximum atomic E-state index is 12.4. The van der Waals surface area contributed by atoms with E-state index in [1.807, 2.05) is 12.1 Å². The number of nitrogens with zero attached hydrogens (tertiary/aromatic N) is 1. The number of ether oxygens (including phenoxy) is 1. The first-order valence-corrected chi connectivity index (χ1v) is 10.4. The molecule has 0 aliphatic carbocycles. The van der Waals surface area contributed by atoms with Crippen LogP contribution in [0.15, 0.2) is 12.1 Å². The molecule has 3 rings (SSSR count). The Bertz CT molecular complexity index is 506. The van der Waals surface area contributed by atoms with Gasteiger partial charge in [0.15, 0.2) is 0 Å². The van der Waals surface area contributed by atoms with Crippen LogP contribution < -0.4 is 5.32 Å². The molecule has 2 aliphatic rings. The minimum absolute atomic E-state index is 0.0740. The van der Waals surface area contributed by atoms with E-state index < -0.39 is 0 Å². The van der Waals surface area contributed by atoms with Crippen LogP contribution in [0, 0.1) is 0 Å². The van der Waals surface area contributed by atoms with E-state index in [2.05, 4.69) is 22.0 Å². The normalized spacial score (nSPS) is 21.4. The van der Waals surface area contributed by atoms with E-state index in [0.717, 1.165) is 41.7 Å². The van der Waals surface area contributed by atoms with Crippen LogP contribution in [0.2, 0.25) is 0 Å². The van der Waals surface area contributed by atoms with E-state index in [-0.39, 0.29) is 5.91 Å². The fourth-order valence-corrected chi connectivity index (χ4v) is 5.40. The van der Waals surface area contributed by atoms with E-state index in [1.165, 1.54) is 35.7 Å². The number of hydrogen-bond donors (Lipinski definition) is 1. The van der Waals surface area contributed by atoms with Gasteiger partial charge in [0.2, 0.25) is 0 Å². The van der Waals surface area contributed by atoms with Gasteiger partial charge in [0.1, 0.15) is 0 Å². The number of hydrogen-bond acceptors (Lipinski definition) is 5. The summed E-state index contributed by atoms with van der Waals surface area (Å²) in [6, 6.07) is 4.99. The van der Waals surface area contributed by atoms with Crippen LogP contribution in [0.3, 0.4) is 0 Å². The molecule has 23 heavy (non-hydrogen) atoms. The predicted octanol–water partition coefficient (Wildman–Crippen LogP) is 2.98. The van der Waals surface area contributed by atoms with Crippen LogP contribution in [0.25, 0.3) is 0 Å².